The minimum atomic E-state index is -3.77. The van der Waals surface area contributed by atoms with Gasteiger partial charge >= 0.3 is 0 Å². The van der Waals surface area contributed by atoms with Crippen LogP contribution >= 0.6 is 0 Å². The largest absolute Gasteiger partial charge is 0.304 e. The summed E-state index contributed by atoms with van der Waals surface area (Å²) in [5.74, 6) is -0.176. The Bertz CT molecular complexity index is 848. The molecule has 1 fully saturated rings. The van der Waals surface area contributed by atoms with Gasteiger partial charge < -0.3 is 4.90 Å². The summed E-state index contributed by atoms with van der Waals surface area (Å²) in [4.78, 5) is 17.1. The number of hydrogen-bond donors (Lipinski definition) is 0. The molecule has 1 aromatic carbocycles. The fraction of sp³-hybridized carbons (Fsp3) is 0.389. The predicted octanol–water partition coefficient (Wildman–Crippen LogP) is 1.46. The molecule has 0 amide bonds. The van der Waals surface area contributed by atoms with Crippen molar-refractivity contribution in [1.82, 2.24) is 13.8 Å². The van der Waals surface area contributed by atoms with E-state index >= 15 is 0 Å². The predicted molar refractivity (Wildman–Crippen MR) is 96.5 cm³/mol. The zero-order valence-electron chi connectivity index (χ0n) is 14.6. The van der Waals surface area contributed by atoms with Crippen molar-refractivity contribution in [3.05, 3.63) is 53.9 Å². The molecule has 2 aromatic rings. The Morgan fingerprint density at radius 2 is 1.68 bits per heavy atom. The molecule has 0 N–H and O–H groups in total. The third-order valence-electron chi connectivity index (χ3n) is 4.54. The highest BCUT2D eigenvalue weighted by Gasteiger charge is 2.24. The number of carbonyl (C=O) groups excluding carboxylic acids is 1. The van der Waals surface area contributed by atoms with Crippen molar-refractivity contribution in [3.63, 3.8) is 0 Å². The molecular weight excluding hydrogens is 338 g/mol. The second kappa shape index (κ2) is 7.11. The minimum Gasteiger partial charge on any atom is -0.304 e. The SMILES string of the molecule is Cc1ccc(S(=O)(=O)n2cccc2C(=O)CN2CCN(C)CC2)cc1. The van der Waals surface area contributed by atoms with Crippen molar-refractivity contribution in [2.75, 3.05) is 39.8 Å². The molecule has 3 rings (SSSR count). The maximum Gasteiger partial charge on any atom is 0.268 e. The van der Waals surface area contributed by atoms with Gasteiger partial charge in [0.15, 0.2) is 5.78 Å². The van der Waals surface area contributed by atoms with E-state index in [9.17, 15) is 13.2 Å². The number of aromatic nitrogens is 1. The molecule has 0 unspecified atom stereocenters. The van der Waals surface area contributed by atoms with Crippen molar-refractivity contribution in [1.29, 1.82) is 0 Å². The molecule has 25 heavy (non-hydrogen) atoms. The van der Waals surface area contributed by atoms with Crippen LogP contribution < -0.4 is 0 Å². The van der Waals surface area contributed by atoms with Crippen LogP contribution in [0.25, 0.3) is 0 Å². The molecule has 0 radical (unpaired) electrons. The van der Waals surface area contributed by atoms with E-state index < -0.39 is 10.0 Å². The number of Topliss-reactive ketones (excluding diaryl/α,β-unsaturated/α-hetero) is 1. The summed E-state index contributed by atoms with van der Waals surface area (Å²) in [7, 11) is -1.71. The highest BCUT2D eigenvalue weighted by atomic mass is 32.2. The summed E-state index contributed by atoms with van der Waals surface area (Å²) in [5, 5.41) is 0. The van der Waals surface area contributed by atoms with Gasteiger partial charge in [0.25, 0.3) is 10.0 Å². The molecule has 0 atom stereocenters. The summed E-state index contributed by atoms with van der Waals surface area (Å²) >= 11 is 0. The van der Waals surface area contributed by atoms with Gasteiger partial charge in [0.2, 0.25) is 0 Å². The van der Waals surface area contributed by atoms with Crippen LogP contribution in [0, 0.1) is 6.92 Å². The number of benzene rings is 1. The Hall–Kier alpha value is -1.96. The van der Waals surface area contributed by atoms with Crippen LogP contribution in [0.2, 0.25) is 0 Å². The molecular formula is C18H23N3O3S. The smallest absolute Gasteiger partial charge is 0.268 e. The van der Waals surface area contributed by atoms with E-state index in [1.54, 1.807) is 36.4 Å². The Kier molecular flexibility index (Phi) is 5.08. The first kappa shape index (κ1) is 17.8. The molecule has 1 aromatic heterocycles. The zero-order valence-corrected chi connectivity index (χ0v) is 15.4. The van der Waals surface area contributed by atoms with E-state index in [1.165, 1.54) is 6.20 Å². The van der Waals surface area contributed by atoms with Gasteiger partial charge in [-0.25, -0.2) is 12.4 Å². The maximum atomic E-state index is 12.9. The van der Waals surface area contributed by atoms with Gasteiger partial charge in [-0.1, -0.05) is 17.7 Å². The lowest BCUT2D eigenvalue weighted by Crippen LogP contribution is -2.46. The van der Waals surface area contributed by atoms with E-state index in [2.05, 4.69) is 16.8 Å². The van der Waals surface area contributed by atoms with E-state index in [1.807, 2.05) is 6.92 Å². The van der Waals surface area contributed by atoms with E-state index in [0.29, 0.717) is 0 Å². The highest BCUT2D eigenvalue weighted by Crippen LogP contribution is 2.18. The van der Waals surface area contributed by atoms with Crippen molar-refractivity contribution in [3.8, 4) is 0 Å². The van der Waals surface area contributed by atoms with Gasteiger partial charge in [-0.05, 0) is 38.2 Å². The Morgan fingerprint density at radius 3 is 2.32 bits per heavy atom. The molecule has 134 valence electrons. The number of hydrogen-bond acceptors (Lipinski definition) is 5. The number of ketones is 1. The molecule has 1 aliphatic rings. The number of piperazine rings is 1. The van der Waals surface area contributed by atoms with Crippen LogP contribution in [-0.2, 0) is 10.0 Å². The summed E-state index contributed by atoms with van der Waals surface area (Å²) in [5.41, 5.74) is 1.19. The van der Waals surface area contributed by atoms with Crippen LogP contribution in [-0.4, -0.2) is 67.7 Å². The zero-order chi connectivity index (χ0) is 18.0. The minimum absolute atomic E-state index is 0.176. The lowest BCUT2D eigenvalue weighted by atomic mass is 10.2. The standard InChI is InChI=1S/C18H23N3O3S/c1-15-5-7-16(8-6-15)25(23,24)21-9-3-4-17(21)18(22)14-20-12-10-19(2)11-13-20/h3-9H,10-14H2,1-2H3. The first-order valence-electron chi connectivity index (χ1n) is 8.31. The van der Waals surface area contributed by atoms with E-state index in [-0.39, 0.29) is 22.9 Å². The topological polar surface area (TPSA) is 62.6 Å². The van der Waals surface area contributed by atoms with Crippen molar-refractivity contribution >= 4 is 15.8 Å². The first-order chi connectivity index (χ1) is 11.9. The number of carbonyl (C=O) groups is 1. The summed E-state index contributed by atoms with van der Waals surface area (Å²) in [6.07, 6.45) is 1.44. The first-order valence-corrected chi connectivity index (χ1v) is 9.75. The average Bonchev–Trinajstić information content (AvgIpc) is 3.08. The average molecular weight is 361 g/mol. The Labute approximate surface area is 148 Å². The van der Waals surface area contributed by atoms with Crippen molar-refractivity contribution in [2.24, 2.45) is 0 Å². The molecule has 7 heteroatoms. The Morgan fingerprint density at radius 1 is 1.04 bits per heavy atom. The number of nitrogens with zero attached hydrogens (tertiary/aromatic N) is 3. The molecule has 1 aliphatic heterocycles. The second-order valence-electron chi connectivity index (χ2n) is 6.51. The number of rotatable bonds is 5. The molecule has 0 saturated carbocycles. The molecule has 2 heterocycles. The van der Waals surface area contributed by atoms with Crippen molar-refractivity contribution in [2.45, 2.75) is 11.8 Å². The third-order valence-corrected chi connectivity index (χ3v) is 6.24. The maximum absolute atomic E-state index is 12.9. The fourth-order valence-electron chi connectivity index (χ4n) is 2.91. The normalized spacial score (nSPS) is 16.9. The molecule has 0 aliphatic carbocycles. The quantitative estimate of drug-likeness (QED) is 0.755. The van der Waals surface area contributed by atoms with Crippen molar-refractivity contribution < 1.29 is 13.2 Å². The third kappa shape index (κ3) is 3.84. The monoisotopic (exact) mass is 361 g/mol. The van der Waals surface area contributed by atoms with Gasteiger partial charge in [0.1, 0.15) is 5.69 Å². The van der Waals surface area contributed by atoms with Gasteiger partial charge in [-0.2, -0.15) is 0 Å². The van der Waals surface area contributed by atoms with Gasteiger partial charge in [0.05, 0.1) is 11.4 Å². The molecule has 0 bridgehead atoms. The van der Waals surface area contributed by atoms with Crippen LogP contribution in [0.3, 0.4) is 0 Å². The lowest BCUT2D eigenvalue weighted by molar-refractivity contribution is 0.0870. The summed E-state index contributed by atoms with van der Waals surface area (Å²) in [6, 6.07) is 9.82. The second-order valence-corrected chi connectivity index (χ2v) is 8.32. The number of likely N-dealkylation sites (N-methyl/N-ethyl adjacent to an activating group) is 1. The van der Waals surface area contributed by atoms with Gasteiger partial charge in [-0.3, -0.25) is 9.69 Å². The molecule has 6 nitrogen and oxygen atoms in total. The van der Waals surface area contributed by atoms with Crippen LogP contribution in [0.1, 0.15) is 16.1 Å². The van der Waals surface area contributed by atoms with Gasteiger partial charge in [0, 0.05) is 32.4 Å². The van der Waals surface area contributed by atoms with E-state index in [4.69, 9.17) is 0 Å². The van der Waals surface area contributed by atoms with Crippen LogP contribution in [0.4, 0.5) is 0 Å². The summed E-state index contributed by atoms with van der Waals surface area (Å²) < 4.78 is 26.8. The lowest BCUT2D eigenvalue weighted by Gasteiger charge is -2.31. The summed E-state index contributed by atoms with van der Waals surface area (Å²) in [6.45, 7) is 5.59. The van der Waals surface area contributed by atoms with Gasteiger partial charge in [-0.15, -0.1) is 0 Å². The van der Waals surface area contributed by atoms with Crippen LogP contribution in [0.15, 0.2) is 47.5 Å². The highest BCUT2D eigenvalue weighted by molar-refractivity contribution is 7.90. The number of aryl methyl sites for hydroxylation is 1. The van der Waals surface area contributed by atoms with E-state index in [0.717, 1.165) is 35.7 Å². The molecule has 1 saturated heterocycles. The van der Waals surface area contributed by atoms with Crippen LogP contribution in [0.5, 0.6) is 0 Å². The fourth-order valence-corrected chi connectivity index (χ4v) is 4.26. The Balaban J connectivity index is 1.82. The molecule has 0 spiro atoms.